The third-order valence-corrected chi connectivity index (χ3v) is 6.09. The topological polar surface area (TPSA) is 63.3 Å². The second kappa shape index (κ2) is 20.3. The average Bonchev–Trinajstić information content (AvgIpc) is 2.65. The minimum Gasteiger partial charge on any atom is -0.480 e. The van der Waals surface area contributed by atoms with E-state index in [4.69, 9.17) is 10.8 Å². The maximum atomic E-state index is 10.6. The van der Waals surface area contributed by atoms with Gasteiger partial charge in [-0.2, -0.15) is 11.8 Å². The van der Waals surface area contributed by atoms with Gasteiger partial charge in [-0.15, -0.1) is 0 Å². The first-order chi connectivity index (χ1) is 13.1. The van der Waals surface area contributed by atoms with Crippen LogP contribution in [0.15, 0.2) is 11.6 Å². The molecule has 0 rings (SSSR count). The number of rotatable bonds is 20. The molecule has 0 fully saturated rings. The first-order valence-electron chi connectivity index (χ1n) is 11.3. The molecule has 27 heavy (non-hydrogen) atoms. The Bertz CT molecular complexity index is 371. The predicted octanol–water partition coefficient (Wildman–Crippen LogP) is 6.95. The molecule has 4 heteroatoms. The first-order valence-corrected chi connectivity index (χ1v) is 12.4. The molecule has 1 atom stereocenters. The number of nitrogens with two attached hydrogens (primary N) is 1. The number of allylic oxidation sites excluding steroid dienone is 1. The Morgan fingerprint density at radius 3 is 1.78 bits per heavy atom. The number of aliphatic carboxylic acids is 1. The third-order valence-electron chi connectivity index (χ3n) is 5.09. The van der Waals surface area contributed by atoms with Crippen molar-refractivity contribution in [1.29, 1.82) is 0 Å². The van der Waals surface area contributed by atoms with E-state index >= 15 is 0 Å². The fourth-order valence-corrected chi connectivity index (χ4v) is 4.10. The Hall–Kier alpha value is -0.480. The molecule has 3 nitrogen and oxygen atoms in total. The molecule has 160 valence electrons. The summed E-state index contributed by atoms with van der Waals surface area (Å²) < 4.78 is 0. The zero-order valence-electron chi connectivity index (χ0n) is 18.0. The summed E-state index contributed by atoms with van der Waals surface area (Å²) in [6, 6.07) is -0.741. The van der Waals surface area contributed by atoms with E-state index in [0.717, 1.165) is 5.75 Å². The number of carbonyl (C=O) groups is 1. The number of carboxylic acids is 1. The van der Waals surface area contributed by atoms with Gasteiger partial charge in [0, 0.05) is 11.5 Å². The molecule has 0 aliphatic rings. The largest absolute Gasteiger partial charge is 0.480 e. The lowest BCUT2D eigenvalue weighted by molar-refractivity contribution is -0.137. The highest BCUT2D eigenvalue weighted by Gasteiger charge is 2.09. The van der Waals surface area contributed by atoms with Gasteiger partial charge in [-0.1, -0.05) is 102 Å². The lowest BCUT2D eigenvalue weighted by atomic mass is 10.0. The van der Waals surface area contributed by atoms with Crippen LogP contribution in [0.1, 0.15) is 110 Å². The number of unbranched alkanes of at least 4 members (excludes halogenated alkanes) is 13. The molecule has 0 radical (unpaired) electrons. The normalized spacial score (nSPS) is 13.1. The van der Waals surface area contributed by atoms with Crippen molar-refractivity contribution in [3.05, 3.63) is 11.6 Å². The highest BCUT2D eigenvalue weighted by molar-refractivity contribution is 7.99. The van der Waals surface area contributed by atoms with Gasteiger partial charge in [0.25, 0.3) is 0 Å². The van der Waals surface area contributed by atoms with Gasteiger partial charge < -0.3 is 10.8 Å². The highest BCUT2D eigenvalue weighted by Crippen LogP contribution is 2.15. The summed E-state index contributed by atoms with van der Waals surface area (Å²) in [5, 5.41) is 8.73. The quantitative estimate of drug-likeness (QED) is 0.172. The summed E-state index contributed by atoms with van der Waals surface area (Å²) in [7, 11) is 0. The molecule has 0 bridgehead atoms. The molecule has 0 heterocycles. The summed E-state index contributed by atoms with van der Waals surface area (Å²) in [5.74, 6) is 0.439. The molecule has 0 aliphatic heterocycles. The molecule has 0 unspecified atom stereocenters. The Kier molecular flexibility index (Phi) is 19.9. The Labute approximate surface area is 172 Å². The van der Waals surface area contributed by atoms with Gasteiger partial charge in [-0.3, -0.25) is 4.79 Å². The van der Waals surface area contributed by atoms with Crippen molar-refractivity contribution in [3.63, 3.8) is 0 Å². The molecule has 0 saturated heterocycles. The van der Waals surface area contributed by atoms with E-state index in [1.807, 2.05) is 0 Å². The zero-order valence-corrected chi connectivity index (χ0v) is 18.8. The molecule has 0 aromatic carbocycles. The van der Waals surface area contributed by atoms with Crippen LogP contribution in [0.5, 0.6) is 0 Å². The van der Waals surface area contributed by atoms with Gasteiger partial charge in [0.05, 0.1) is 0 Å². The van der Waals surface area contributed by atoms with E-state index in [2.05, 4.69) is 19.9 Å². The van der Waals surface area contributed by atoms with Crippen LogP contribution in [0, 0.1) is 0 Å². The molecule has 0 amide bonds. The van der Waals surface area contributed by atoms with Gasteiger partial charge in [0.15, 0.2) is 0 Å². The van der Waals surface area contributed by atoms with Crippen LogP contribution in [-0.2, 0) is 4.79 Å². The van der Waals surface area contributed by atoms with E-state index in [1.165, 1.54) is 102 Å². The second-order valence-electron chi connectivity index (χ2n) is 7.88. The van der Waals surface area contributed by atoms with Crippen molar-refractivity contribution in [2.75, 3.05) is 11.5 Å². The van der Waals surface area contributed by atoms with Crippen molar-refractivity contribution in [2.24, 2.45) is 5.73 Å². The minimum atomic E-state index is -0.911. The molecule has 0 spiro atoms. The van der Waals surface area contributed by atoms with Crippen LogP contribution in [0.3, 0.4) is 0 Å². The SMILES string of the molecule is CCCCCCCCCCCCCCCC/C(C)=C/CSC[C@H](N)C(=O)O. The molecule has 0 aromatic rings. The van der Waals surface area contributed by atoms with E-state index in [-0.39, 0.29) is 0 Å². The first kappa shape index (κ1) is 26.5. The third kappa shape index (κ3) is 20.1. The smallest absolute Gasteiger partial charge is 0.321 e. The average molecular weight is 400 g/mol. The van der Waals surface area contributed by atoms with Crippen molar-refractivity contribution < 1.29 is 9.90 Å². The summed E-state index contributed by atoms with van der Waals surface area (Å²) in [6.45, 7) is 4.46. The zero-order chi connectivity index (χ0) is 20.2. The van der Waals surface area contributed by atoms with Gasteiger partial charge >= 0.3 is 5.97 Å². The maximum absolute atomic E-state index is 10.6. The molecule has 0 saturated carbocycles. The van der Waals surface area contributed by atoms with Crippen LogP contribution in [0.25, 0.3) is 0 Å². The van der Waals surface area contributed by atoms with E-state index in [1.54, 1.807) is 11.8 Å². The minimum absolute atomic E-state index is 0.484. The molecule has 3 N–H and O–H groups in total. The monoisotopic (exact) mass is 399 g/mol. The number of hydrogen-bond donors (Lipinski definition) is 2. The van der Waals surface area contributed by atoms with Crippen LogP contribution in [0.4, 0.5) is 0 Å². The molecule has 0 aliphatic carbocycles. The number of hydrogen-bond acceptors (Lipinski definition) is 3. The van der Waals surface area contributed by atoms with E-state index < -0.39 is 12.0 Å². The number of thioether (sulfide) groups is 1. The molecule has 0 aromatic heterocycles. The Morgan fingerprint density at radius 1 is 0.889 bits per heavy atom. The van der Waals surface area contributed by atoms with Crippen molar-refractivity contribution in [3.8, 4) is 0 Å². The van der Waals surface area contributed by atoms with Gasteiger partial charge in [-0.05, 0) is 19.8 Å². The van der Waals surface area contributed by atoms with Crippen molar-refractivity contribution >= 4 is 17.7 Å². The fourth-order valence-electron chi connectivity index (χ4n) is 3.17. The number of carboxylic acid groups (broad SMARTS) is 1. The van der Waals surface area contributed by atoms with Crippen LogP contribution in [0.2, 0.25) is 0 Å². The van der Waals surface area contributed by atoms with Crippen molar-refractivity contribution in [2.45, 2.75) is 116 Å². The molecular weight excluding hydrogens is 354 g/mol. The summed E-state index contributed by atoms with van der Waals surface area (Å²) in [5.41, 5.74) is 6.91. The van der Waals surface area contributed by atoms with Gasteiger partial charge in [0.1, 0.15) is 6.04 Å². The summed E-state index contributed by atoms with van der Waals surface area (Å²) in [4.78, 5) is 10.6. The van der Waals surface area contributed by atoms with Crippen LogP contribution < -0.4 is 5.73 Å². The van der Waals surface area contributed by atoms with Crippen LogP contribution >= 0.6 is 11.8 Å². The maximum Gasteiger partial charge on any atom is 0.321 e. The van der Waals surface area contributed by atoms with Crippen molar-refractivity contribution in [1.82, 2.24) is 0 Å². The standard InChI is InChI=1S/C23H45NO2S/c1-3-4-5-6-7-8-9-10-11-12-13-14-15-16-17-21(2)18-19-27-20-22(24)23(25)26/h18,22H,3-17,19-20,24H2,1-2H3,(H,25,26)/b21-18+/t22-/m0/s1. The Balaban J connectivity index is 3.29. The lowest BCUT2D eigenvalue weighted by Crippen LogP contribution is -2.32. The second-order valence-corrected chi connectivity index (χ2v) is 8.95. The molecular formula is C23H45NO2S. The fraction of sp³-hybridized carbons (Fsp3) is 0.870. The summed E-state index contributed by atoms with van der Waals surface area (Å²) in [6.07, 6.45) is 23.0. The lowest BCUT2D eigenvalue weighted by Gasteiger charge is -2.05. The van der Waals surface area contributed by atoms with Gasteiger partial charge in [0.2, 0.25) is 0 Å². The van der Waals surface area contributed by atoms with Crippen LogP contribution in [-0.4, -0.2) is 28.6 Å². The van der Waals surface area contributed by atoms with E-state index in [0.29, 0.717) is 5.75 Å². The Morgan fingerprint density at radius 2 is 1.33 bits per heavy atom. The highest BCUT2D eigenvalue weighted by atomic mass is 32.2. The predicted molar refractivity (Wildman–Crippen MR) is 122 cm³/mol. The summed E-state index contributed by atoms with van der Waals surface area (Å²) >= 11 is 1.60. The van der Waals surface area contributed by atoms with Gasteiger partial charge in [-0.25, -0.2) is 0 Å². The van der Waals surface area contributed by atoms with E-state index in [9.17, 15) is 4.79 Å².